The summed E-state index contributed by atoms with van der Waals surface area (Å²) in [5.41, 5.74) is 2.61. The lowest BCUT2D eigenvalue weighted by molar-refractivity contribution is -0.113. The molecular formula is C21H21BrN6O3. The topological polar surface area (TPSA) is 103 Å². The van der Waals surface area contributed by atoms with Crippen molar-refractivity contribution in [3.8, 4) is 11.5 Å². The molecule has 2 aromatic carbocycles. The van der Waals surface area contributed by atoms with Crippen LogP contribution in [0.4, 0.5) is 11.6 Å². The highest BCUT2D eigenvalue weighted by atomic mass is 79.9. The van der Waals surface area contributed by atoms with Gasteiger partial charge in [0, 0.05) is 11.4 Å². The Morgan fingerprint density at radius 1 is 1.29 bits per heavy atom. The molecule has 2 heterocycles. The van der Waals surface area contributed by atoms with E-state index in [2.05, 4.69) is 42.1 Å². The van der Waals surface area contributed by atoms with Gasteiger partial charge in [0.1, 0.15) is 6.04 Å². The summed E-state index contributed by atoms with van der Waals surface area (Å²) in [4.78, 5) is 13.4. The fraction of sp³-hybridized carbons (Fsp3) is 0.238. The Kier molecular flexibility index (Phi) is 5.90. The number of hydrogen-bond donors (Lipinski definition) is 2. The maximum Gasteiger partial charge on any atom is 0.255 e. The van der Waals surface area contributed by atoms with Gasteiger partial charge in [-0.1, -0.05) is 23.3 Å². The fourth-order valence-corrected chi connectivity index (χ4v) is 4.16. The van der Waals surface area contributed by atoms with E-state index in [1.165, 1.54) is 0 Å². The van der Waals surface area contributed by atoms with E-state index >= 15 is 0 Å². The van der Waals surface area contributed by atoms with Crippen molar-refractivity contribution in [1.82, 2.24) is 20.2 Å². The van der Waals surface area contributed by atoms with Crippen LogP contribution < -0.4 is 20.1 Å². The number of carbonyl (C=O) groups excluding carboxylic acids is 1. The third kappa shape index (κ3) is 3.98. The highest BCUT2D eigenvalue weighted by molar-refractivity contribution is 9.10. The molecular weight excluding hydrogens is 464 g/mol. The van der Waals surface area contributed by atoms with Gasteiger partial charge in [0.25, 0.3) is 5.91 Å². The summed E-state index contributed by atoms with van der Waals surface area (Å²) in [6, 6.07) is 12.4. The van der Waals surface area contributed by atoms with E-state index in [1.54, 1.807) is 11.8 Å². The molecule has 1 unspecified atom stereocenters. The number of aromatic nitrogens is 4. The predicted molar refractivity (Wildman–Crippen MR) is 119 cm³/mol. The van der Waals surface area contributed by atoms with E-state index in [0.717, 1.165) is 5.56 Å². The first-order valence-electron chi connectivity index (χ1n) is 9.65. The van der Waals surface area contributed by atoms with Gasteiger partial charge in [0.05, 0.1) is 23.8 Å². The van der Waals surface area contributed by atoms with Crippen LogP contribution in [-0.2, 0) is 4.79 Å². The zero-order valence-corrected chi connectivity index (χ0v) is 18.8. The average molecular weight is 485 g/mol. The van der Waals surface area contributed by atoms with E-state index in [0.29, 0.717) is 45.5 Å². The smallest absolute Gasteiger partial charge is 0.255 e. The minimum atomic E-state index is -0.573. The number of para-hydroxylation sites is 1. The van der Waals surface area contributed by atoms with Gasteiger partial charge >= 0.3 is 0 Å². The van der Waals surface area contributed by atoms with Crippen molar-refractivity contribution in [2.75, 3.05) is 24.4 Å². The van der Waals surface area contributed by atoms with Crippen molar-refractivity contribution in [2.45, 2.75) is 19.9 Å². The number of nitrogens with one attached hydrogen (secondary N) is 2. The zero-order chi connectivity index (χ0) is 22.0. The largest absolute Gasteiger partial charge is 0.492 e. The molecule has 1 aliphatic heterocycles. The third-order valence-corrected chi connectivity index (χ3v) is 5.43. The number of tetrazole rings is 1. The molecule has 1 amide bonds. The first kappa shape index (κ1) is 20.9. The molecule has 160 valence electrons. The maximum absolute atomic E-state index is 13.4. The molecule has 0 spiro atoms. The third-order valence-electron chi connectivity index (χ3n) is 4.84. The number of rotatable bonds is 6. The van der Waals surface area contributed by atoms with E-state index in [-0.39, 0.29) is 5.91 Å². The van der Waals surface area contributed by atoms with Crippen LogP contribution in [0, 0.1) is 0 Å². The number of hydrogen-bond acceptors (Lipinski definition) is 7. The first-order valence-corrected chi connectivity index (χ1v) is 10.4. The summed E-state index contributed by atoms with van der Waals surface area (Å²) < 4.78 is 13.5. The maximum atomic E-state index is 13.4. The number of fused-ring (bicyclic) bond motifs is 1. The van der Waals surface area contributed by atoms with Crippen molar-refractivity contribution in [2.24, 2.45) is 0 Å². The van der Waals surface area contributed by atoms with Crippen molar-refractivity contribution >= 4 is 33.5 Å². The summed E-state index contributed by atoms with van der Waals surface area (Å²) in [6.45, 7) is 4.19. The number of allylic oxidation sites excluding steroid dienone is 1. The normalized spacial score (nSPS) is 15.2. The Bertz CT molecular complexity index is 1150. The molecule has 31 heavy (non-hydrogen) atoms. The van der Waals surface area contributed by atoms with Gasteiger partial charge in [-0.2, -0.15) is 4.68 Å². The zero-order valence-electron chi connectivity index (χ0n) is 17.2. The van der Waals surface area contributed by atoms with Crippen molar-refractivity contribution in [3.63, 3.8) is 0 Å². The molecule has 0 aliphatic carbocycles. The molecule has 1 aliphatic rings. The Labute approximate surface area is 187 Å². The molecule has 0 saturated carbocycles. The van der Waals surface area contributed by atoms with Crippen molar-refractivity contribution in [3.05, 3.63) is 63.8 Å². The van der Waals surface area contributed by atoms with Crippen LogP contribution >= 0.6 is 15.9 Å². The van der Waals surface area contributed by atoms with Gasteiger partial charge in [-0.3, -0.25) is 4.79 Å². The molecule has 10 heteroatoms. The molecule has 1 aromatic heterocycles. The number of benzene rings is 2. The highest BCUT2D eigenvalue weighted by Gasteiger charge is 2.35. The number of methoxy groups -OCH3 is 1. The minimum Gasteiger partial charge on any atom is -0.492 e. The molecule has 0 radical (unpaired) electrons. The molecule has 0 fully saturated rings. The number of anilines is 2. The van der Waals surface area contributed by atoms with Crippen molar-refractivity contribution in [1.29, 1.82) is 0 Å². The Balaban J connectivity index is 1.82. The predicted octanol–water partition coefficient (Wildman–Crippen LogP) is 3.77. The lowest BCUT2D eigenvalue weighted by Crippen LogP contribution is -2.31. The van der Waals surface area contributed by atoms with Gasteiger partial charge < -0.3 is 20.1 Å². The Morgan fingerprint density at radius 3 is 2.77 bits per heavy atom. The molecule has 3 aromatic rings. The number of carbonyl (C=O) groups is 1. The van der Waals surface area contributed by atoms with Gasteiger partial charge in [0.15, 0.2) is 11.5 Å². The fourth-order valence-electron chi connectivity index (χ4n) is 3.54. The SMILES string of the molecule is CCOc1cc(C2C(C(=O)Nc3ccccc3)=C(C)Nc3nnnn32)cc(Br)c1OC. The Hall–Kier alpha value is -3.40. The van der Waals surface area contributed by atoms with Crippen LogP contribution in [-0.4, -0.2) is 39.8 Å². The second-order valence-corrected chi connectivity index (χ2v) is 7.65. The Morgan fingerprint density at radius 2 is 2.06 bits per heavy atom. The van der Waals surface area contributed by atoms with E-state index in [4.69, 9.17) is 9.47 Å². The van der Waals surface area contributed by atoms with Crippen LogP contribution in [0.15, 0.2) is 58.2 Å². The lowest BCUT2D eigenvalue weighted by atomic mass is 9.94. The highest BCUT2D eigenvalue weighted by Crippen LogP contribution is 2.42. The number of halogens is 1. The molecule has 1 atom stereocenters. The van der Waals surface area contributed by atoms with Gasteiger partial charge in [-0.15, -0.1) is 0 Å². The summed E-state index contributed by atoms with van der Waals surface area (Å²) in [7, 11) is 1.58. The lowest BCUT2D eigenvalue weighted by Gasteiger charge is -2.28. The number of amides is 1. The van der Waals surface area contributed by atoms with E-state index in [9.17, 15) is 4.79 Å². The molecule has 0 bridgehead atoms. The van der Waals surface area contributed by atoms with E-state index < -0.39 is 6.04 Å². The average Bonchev–Trinajstić information content (AvgIpc) is 3.21. The molecule has 4 rings (SSSR count). The van der Waals surface area contributed by atoms with Gasteiger partial charge in [0.2, 0.25) is 5.95 Å². The van der Waals surface area contributed by atoms with Crippen molar-refractivity contribution < 1.29 is 14.3 Å². The quantitative estimate of drug-likeness (QED) is 0.548. The second-order valence-electron chi connectivity index (χ2n) is 6.80. The van der Waals surface area contributed by atoms with Crippen LogP contribution in [0.2, 0.25) is 0 Å². The van der Waals surface area contributed by atoms with Crippen LogP contribution in [0.25, 0.3) is 0 Å². The van der Waals surface area contributed by atoms with Gasteiger partial charge in [-0.25, -0.2) is 0 Å². The van der Waals surface area contributed by atoms with Crippen LogP contribution in [0.3, 0.4) is 0 Å². The van der Waals surface area contributed by atoms with E-state index in [1.807, 2.05) is 56.3 Å². The standard InChI is InChI=1S/C21H21BrN6O3/c1-4-31-16-11-13(10-15(22)19(16)30-3)18-17(12(2)23-21-25-26-27-28(18)21)20(29)24-14-8-6-5-7-9-14/h5-11,18H,4H2,1-3H3,(H,24,29)(H,23,25,27). The summed E-state index contributed by atoms with van der Waals surface area (Å²) in [6.07, 6.45) is 0. The first-order chi connectivity index (χ1) is 15.0. The summed E-state index contributed by atoms with van der Waals surface area (Å²) in [5, 5.41) is 18.0. The molecule has 0 saturated heterocycles. The van der Waals surface area contributed by atoms with Crippen LogP contribution in [0.5, 0.6) is 11.5 Å². The summed E-state index contributed by atoms with van der Waals surface area (Å²) >= 11 is 3.55. The van der Waals surface area contributed by atoms with Crippen LogP contribution in [0.1, 0.15) is 25.5 Å². The van der Waals surface area contributed by atoms with Gasteiger partial charge in [-0.05, 0) is 70.0 Å². The molecule has 2 N–H and O–H groups in total. The summed E-state index contributed by atoms with van der Waals surface area (Å²) in [5.74, 6) is 1.33. The monoisotopic (exact) mass is 484 g/mol. The number of nitrogens with zero attached hydrogens (tertiary/aromatic N) is 4. The second kappa shape index (κ2) is 8.76. The molecule has 9 nitrogen and oxygen atoms in total. The minimum absolute atomic E-state index is 0.257. The number of ether oxygens (including phenoxy) is 2.